The molecule has 1 nitrogen and oxygen atoms in total. The second-order valence-electron chi connectivity index (χ2n) is 4.51. The number of hydrogen-bond acceptors (Lipinski definition) is 2. The number of nitrogens with one attached hydrogen (secondary N) is 1. The Kier molecular flexibility index (Phi) is 5.78. The molecule has 0 aliphatic carbocycles. The van der Waals surface area contributed by atoms with Gasteiger partial charge in [0.05, 0.1) is 0 Å². The van der Waals surface area contributed by atoms with E-state index in [1.54, 1.807) is 11.3 Å². The molecule has 1 aromatic heterocycles. The molecule has 0 fully saturated rings. The van der Waals surface area contributed by atoms with Gasteiger partial charge in [0.1, 0.15) is 0 Å². The first-order chi connectivity index (χ1) is 7.65. The van der Waals surface area contributed by atoms with Crippen LogP contribution in [0.15, 0.2) is 22.9 Å². The van der Waals surface area contributed by atoms with Crippen molar-refractivity contribution < 1.29 is 0 Å². The van der Waals surface area contributed by atoms with E-state index in [4.69, 9.17) is 0 Å². The second kappa shape index (κ2) is 6.87. The van der Waals surface area contributed by atoms with Gasteiger partial charge >= 0.3 is 0 Å². The Bertz CT molecular complexity index is 327. The van der Waals surface area contributed by atoms with Gasteiger partial charge in [0.25, 0.3) is 0 Å². The number of rotatable bonds is 7. The van der Waals surface area contributed by atoms with Crippen LogP contribution in [0.4, 0.5) is 0 Å². The molecule has 0 aliphatic heterocycles. The fourth-order valence-electron chi connectivity index (χ4n) is 1.80. The molecule has 1 aromatic rings. The van der Waals surface area contributed by atoms with Gasteiger partial charge in [-0.15, -0.1) is 6.58 Å². The zero-order valence-electron chi connectivity index (χ0n) is 10.7. The molecule has 90 valence electrons. The Morgan fingerprint density at radius 3 is 2.75 bits per heavy atom. The van der Waals surface area contributed by atoms with E-state index in [1.807, 2.05) is 0 Å². The summed E-state index contributed by atoms with van der Waals surface area (Å²) >= 11 is 1.80. The first kappa shape index (κ1) is 13.5. The third-order valence-electron chi connectivity index (χ3n) is 2.77. The van der Waals surface area contributed by atoms with Crippen molar-refractivity contribution in [2.45, 2.75) is 46.1 Å². The molecular weight excluding hydrogens is 214 g/mol. The molecule has 2 heteroatoms. The SMILES string of the molecule is C=C(C)CCC(NCCC)c1cscc1C. The average Bonchev–Trinajstić information content (AvgIpc) is 2.65. The summed E-state index contributed by atoms with van der Waals surface area (Å²) in [5, 5.41) is 8.15. The van der Waals surface area contributed by atoms with Crippen molar-refractivity contribution in [3.8, 4) is 0 Å². The van der Waals surface area contributed by atoms with Crippen LogP contribution in [0.5, 0.6) is 0 Å². The number of thiophene rings is 1. The van der Waals surface area contributed by atoms with Crippen molar-refractivity contribution in [1.82, 2.24) is 5.32 Å². The summed E-state index contributed by atoms with van der Waals surface area (Å²) in [6, 6.07) is 0.503. The van der Waals surface area contributed by atoms with E-state index >= 15 is 0 Å². The van der Waals surface area contributed by atoms with Crippen LogP contribution in [0.2, 0.25) is 0 Å². The van der Waals surface area contributed by atoms with Crippen molar-refractivity contribution in [3.63, 3.8) is 0 Å². The molecule has 1 N–H and O–H groups in total. The molecule has 0 spiro atoms. The third-order valence-corrected chi connectivity index (χ3v) is 3.65. The monoisotopic (exact) mass is 237 g/mol. The Balaban J connectivity index is 2.63. The zero-order chi connectivity index (χ0) is 12.0. The van der Waals surface area contributed by atoms with Crippen LogP contribution in [0, 0.1) is 6.92 Å². The van der Waals surface area contributed by atoms with E-state index in [9.17, 15) is 0 Å². The number of hydrogen-bond donors (Lipinski definition) is 1. The fraction of sp³-hybridized carbons (Fsp3) is 0.571. The van der Waals surface area contributed by atoms with Crippen molar-refractivity contribution in [3.05, 3.63) is 34.0 Å². The summed E-state index contributed by atoms with van der Waals surface area (Å²) in [5.74, 6) is 0. The fourth-order valence-corrected chi connectivity index (χ4v) is 2.71. The summed E-state index contributed by atoms with van der Waals surface area (Å²) in [4.78, 5) is 0. The lowest BCUT2D eigenvalue weighted by Crippen LogP contribution is -2.22. The molecule has 1 unspecified atom stereocenters. The summed E-state index contributed by atoms with van der Waals surface area (Å²) in [6.45, 7) is 11.6. The van der Waals surface area contributed by atoms with Crippen molar-refractivity contribution >= 4 is 11.3 Å². The number of allylic oxidation sites excluding steroid dienone is 1. The van der Waals surface area contributed by atoms with Crippen LogP contribution in [-0.4, -0.2) is 6.54 Å². The maximum Gasteiger partial charge on any atom is 0.0334 e. The predicted molar refractivity (Wildman–Crippen MR) is 74.1 cm³/mol. The Morgan fingerprint density at radius 1 is 1.50 bits per heavy atom. The molecule has 0 amide bonds. The molecule has 0 aromatic carbocycles. The minimum atomic E-state index is 0.503. The van der Waals surface area contributed by atoms with E-state index in [-0.39, 0.29) is 0 Å². The van der Waals surface area contributed by atoms with Gasteiger partial charge in [0.15, 0.2) is 0 Å². The van der Waals surface area contributed by atoms with Gasteiger partial charge in [-0.05, 0) is 61.5 Å². The van der Waals surface area contributed by atoms with Crippen LogP contribution in [-0.2, 0) is 0 Å². The summed E-state index contributed by atoms with van der Waals surface area (Å²) < 4.78 is 0. The first-order valence-corrected chi connectivity index (χ1v) is 6.99. The van der Waals surface area contributed by atoms with Gasteiger partial charge in [0.2, 0.25) is 0 Å². The zero-order valence-corrected chi connectivity index (χ0v) is 11.5. The van der Waals surface area contributed by atoms with Gasteiger partial charge in [0, 0.05) is 6.04 Å². The lowest BCUT2D eigenvalue weighted by molar-refractivity contribution is 0.498. The van der Waals surface area contributed by atoms with Crippen LogP contribution in [0.1, 0.15) is 50.3 Å². The quantitative estimate of drug-likeness (QED) is 0.691. The van der Waals surface area contributed by atoms with E-state index < -0.39 is 0 Å². The van der Waals surface area contributed by atoms with E-state index in [1.165, 1.54) is 23.1 Å². The van der Waals surface area contributed by atoms with Crippen molar-refractivity contribution in [2.24, 2.45) is 0 Å². The average molecular weight is 237 g/mol. The molecule has 1 atom stereocenters. The van der Waals surface area contributed by atoms with Gasteiger partial charge in [-0.3, -0.25) is 0 Å². The lowest BCUT2D eigenvalue weighted by Gasteiger charge is -2.18. The summed E-state index contributed by atoms with van der Waals surface area (Å²) in [6.07, 6.45) is 3.45. The van der Waals surface area contributed by atoms with Gasteiger partial charge < -0.3 is 5.32 Å². The molecule has 16 heavy (non-hydrogen) atoms. The molecule has 0 saturated heterocycles. The van der Waals surface area contributed by atoms with E-state index in [0.29, 0.717) is 6.04 Å². The highest BCUT2D eigenvalue weighted by molar-refractivity contribution is 7.08. The topological polar surface area (TPSA) is 12.0 Å². The van der Waals surface area contributed by atoms with Gasteiger partial charge in [-0.2, -0.15) is 11.3 Å². The predicted octanol–water partition coefficient (Wildman–Crippen LogP) is 4.45. The maximum atomic E-state index is 3.99. The normalized spacial score (nSPS) is 12.7. The maximum absolute atomic E-state index is 3.99. The van der Waals surface area contributed by atoms with Crippen molar-refractivity contribution in [1.29, 1.82) is 0 Å². The molecule has 1 heterocycles. The highest BCUT2D eigenvalue weighted by atomic mass is 32.1. The number of aryl methyl sites for hydroxylation is 1. The minimum absolute atomic E-state index is 0.503. The Morgan fingerprint density at radius 2 is 2.25 bits per heavy atom. The smallest absolute Gasteiger partial charge is 0.0334 e. The first-order valence-electron chi connectivity index (χ1n) is 6.05. The summed E-state index contributed by atoms with van der Waals surface area (Å²) in [5.41, 5.74) is 4.16. The van der Waals surface area contributed by atoms with Crippen LogP contribution in [0.3, 0.4) is 0 Å². The van der Waals surface area contributed by atoms with Crippen LogP contribution < -0.4 is 5.32 Å². The highest BCUT2D eigenvalue weighted by Gasteiger charge is 2.13. The van der Waals surface area contributed by atoms with E-state index in [0.717, 1.165) is 19.4 Å². The molecule has 0 saturated carbocycles. The lowest BCUT2D eigenvalue weighted by atomic mass is 9.99. The second-order valence-corrected chi connectivity index (χ2v) is 5.26. The minimum Gasteiger partial charge on any atom is -0.310 e. The summed E-state index contributed by atoms with van der Waals surface area (Å²) in [7, 11) is 0. The Labute approximate surface area is 104 Å². The van der Waals surface area contributed by atoms with Gasteiger partial charge in [-0.25, -0.2) is 0 Å². The molecule has 0 bridgehead atoms. The van der Waals surface area contributed by atoms with Crippen LogP contribution >= 0.6 is 11.3 Å². The van der Waals surface area contributed by atoms with Crippen LogP contribution in [0.25, 0.3) is 0 Å². The highest BCUT2D eigenvalue weighted by Crippen LogP contribution is 2.26. The van der Waals surface area contributed by atoms with Crippen molar-refractivity contribution in [2.75, 3.05) is 6.54 Å². The largest absolute Gasteiger partial charge is 0.310 e. The standard InChI is InChI=1S/C14H23NS/c1-5-8-15-14(7-6-11(2)3)13-10-16-9-12(13)4/h9-10,14-15H,2,5-8H2,1,3-4H3. The molecule has 1 rings (SSSR count). The Hall–Kier alpha value is -0.600. The van der Waals surface area contributed by atoms with Gasteiger partial charge in [-0.1, -0.05) is 12.5 Å². The molecular formula is C14H23NS. The molecule has 0 aliphatic rings. The van der Waals surface area contributed by atoms with E-state index in [2.05, 4.69) is 43.4 Å². The molecule has 0 radical (unpaired) electrons. The third kappa shape index (κ3) is 4.11.